The van der Waals surface area contributed by atoms with Gasteiger partial charge in [0, 0.05) is 13.7 Å². The maximum Gasteiger partial charge on any atom is 0.0781 e. The van der Waals surface area contributed by atoms with E-state index >= 15 is 0 Å². The van der Waals surface area contributed by atoms with Gasteiger partial charge in [0.2, 0.25) is 0 Å². The van der Waals surface area contributed by atoms with Crippen molar-refractivity contribution in [3.05, 3.63) is 23.8 Å². The zero-order valence-electron chi connectivity index (χ0n) is 11.2. The molecule has 1 N–H and O–H groups in total. The fourth-order valence-electron chi connectivity index (χ4n) is 2.43. The minimum Gasteiger partial charge on any atom is -0.388 e. The van der Waals surface area contributed by atoms with Crippen LogP contribution in [0.4, 0.5) is 0 Å². The van der Waals surface area contributed by atoms with E-state index < -0.39 is 0 Å². The van der Waals surface area contributed by atoms with Crippen LogP contribution in [0.5, 0.6) is 0 Å². The molecule has 0 saturated carbocycles. The minimum absolute atomic E-state index is 0.253. The molecule has 0 spiro atoms. The lowest BCUT2D eigenvalue weighted by Crippen LogP contribution is -2.23. The van der Waals surface area contributed by atoms with Gasteiger partial charge in [-0.1, -0.05) is 31.6 Å². The Balaban J connectivity index is 2.55. The Labute approximate surface area is 105 Å². The van der Waals surface area contributed by atoms with Crippen LogP contribution >= 0.6 is 0 Å². The minimum atomic E-state index is -0.253. The van der Waals surface area contributed by atoms with E-state index in [0.717, 1.165) is 45.1 Å². The van der Waals surface area contributed by atoms with E-state index in [-0.39, 0.29) is 6.10 Å². The molecular formula is C15H26O2. The Morgan fingerprint density at radius 3 is 2.94 bits per heavy atom. The Bertz CT molecular complexity index is 256. The second-order valence-electron chi connectivity index (χ2n) is 4.80. The third-order valence-electron chi connectivity index (χ3n) is 3.40. The van der Waals surface area contributed by atoms with E-state index in [1.165, 1.54) is 5.57 Å². The summed E-state index contributed by atoms with van der Waals surface area (Å²) in [7, 11) is 1.72. The summed E-state index contributed by atoms with van der Waals surface area (Å²) in [5.74, 6) is 0.417. The van der Waals surface area contributed by atoms with Gasteiger partial charge in [0.15, 0.2) is 0 Å². The summed E-state index contributed by atoms with van der Waals surface area (Å²) >= 11 is 0. The molecule has 0 aliphatic heterocycles. The molecule has 0 bridgehead atoms. The molecule has 0 heterocycles. The zero-order chi connectivity index (χ0) is 12.5. The molecule has 2 nitrogen and oxygen atoms in total. The van der Waals surface area contributed by atoms with E-state index in [4.69, 9.17) is 4.74 Å². The summed E-state index contributed by atoms with van der Waals surface area (Å²) in [6.07, 6.45) is 12.6. The van der Waals surface area contributed by atoms with Crippen molar-refractivity contribution in [1.82, 2.24) is 0 Å². The van der Waals surface area contributed by atoms with Crippen LogP contribution in [0.3, 0.4) is 0 Å². The van der Waals surface area contributed by atoms with Crippen molar-refractivity contribution in [2.75, 3.05) is 13.7 Å². The maximum atomic E-state index is 10.4. The first kappa shape index (κ1) is 14.5. The van der Waals surface area contributed by atoms with E-state index in [1.807, 2.05) is 0 Å². The molecule has 2 atom stereocenters. The van der Waals surface area contributed by atoms with Gasteiger partial charge in [-0.2, -0.15) is 0 Å². The van der Waals surface area contributed by atoms with Gasteiger partial charge in [-0.05, 0) is 43.6 Å². The molecule has 2 heteroatoms. The van der Waals surface area contributed by atoms with Gasteiger partial charge in [0.05, 0.1) is 6.10 Å². The fraction of sp³-hybridized carbons (Fsp3) is 0.733. The first-order valence-corrected chi connectivity index (χ1v) is 6.80. The molecule has 17 heavy (non-hydrogen) atoms. The number of allylic oxidation sites excluding steroid dienone is 2. The molecule has 98 valence electrons. The van der Waals surface area contributed by atoms with Crippen LogP contribution in [0.2, 0.25) is 0 Å². The van der Waals surface area contributed by atoms with Gasteiger partial charge in [-0.25, -0.2) is 0 Å². The van der Waals surface area contributed by atoms with E-state index in [9.17, 15) is 5.11 Å². The number of hydrogen-bond acceptors (Lipinski definition) is 2. The van der Waals surface area contributed by atoms with Crippen LogP contribution < -0.4 is 0 Å². The summed E-state index contributed by atoms with van der Waals surface area (Å²) < 4.78 is 5.06. The zero-order valence-corrected chi connectivity index (χ0v) is 11.2. The van der Waals surface area contributed by atoms with Crippen molar-refractivity contribution in [1.29, 1.82) is 0 Å². The van der Waals surface area contributed by atoms with E-state index in [0.29, 0.717) is 5.92 Å². The molecule has 0 radical (unpaired) electrons. The van der Waals surface area contributed by atoms with Crippen molar-refractivity contribution in [3.63, 3.8) is 0 Å². The molecule has 0 amide bonds. The number of hydrogen-bond donors (Lipinski definition) is 1. The predicted molar refractivity (Wildman–Crippen MR) is 72.0 cm³/mol. The Hall–Kier alpha value is -0.600. The lowest BCUT2D eigenvalue weighted by atomic mass is 9.84. The number of methoxy groups -OCH3 is 1. The van der Waals surface area contributed by atoms with E-state index in [2.05, 4.69) is 25.2 Å². The number of rotatable bonds is 7. The fourth-order valence-corrected chi connectivity index (χ4v) is 2.43. The standard InChI is InChI=1S/C15H26O2/c1-3-8-13(11-7-12-17-2)15(16)14-9-5-4-6-10-14/h4-5,11,14-16H,3,6-10,12H2,1-2H3/b13-11+. The molecule has 0 aromatic rings. The molecule has 0 saturated heterocycles. The Morgan fingerprint density at radius 2 is 2.35 bits per heavy atom. The van der Waals surface area contributed by atoms with Crippen LogP contribution in [-0.4, -0.2) is 24.9 Å². The molecular weight excluding hydrogens is 212 g/mol. The molecule has 0 aromatic carbocycles. The van der Waals surface area contributed by atoms with Crippen molar-refractivity contribution in [2.45, 2.75) is 51.6 Å². The second kappa shape index (κ2) is 8.48. The van der Waals surface area contributed by atoms with Gasteiger partial charge in [0.1, 0.15) is 0 Å². The number of aliphatic hydroxyl groups is 1. The third kappa shape index (κ3) is 5.05. The average molecular weight is 238 g/mol. The largest absolute Gasteiger partial charge is 0.388 e. The smallest absolute Gasteiger partial charge is 0.0781 e. The Kier molecular flexibility index (Phi) is 7.22. The monoisotopic (exact) mass is 238 g/mol. The normalized spacial score (nSPS) is 22.8. The summed E-state index contributed by atoms with van der Waals surface area (Å²) in [4.78, 5) is 0. The molecule has 0 fully saturated rings. The highest BCUT2D eigenvalue weighted by atomic mass is 16.5. The highest BCUT2D eigenvalue weighted by molar-refractivity contribution is 5.11. The van der Waals surface area contributed by atoms with Gasteiger partial charge in [0.25, 0.3) is 0 Å². The van der Waals surface area contributed by atoms with Gasteiger partial charge >= 0.3 is 0 Å². The van der Waals surface area contributed by atoms with Crippen LogP contribution in [0.25, 0.3) is 0 Å². The second-order valence-corrected chi connectivity index (χ2v) is 4.80. The van der Waals surface area contributed by atoms with Crippen LogP contribution in [-0.2, 0) is 4.74 Å². The highest BCUT2D eigenvalue weighted by Crippen LogP contribution is 2.27. The third-order valence-corrected chi connectivity index (χ3v) is 3.40. The molecule has 1 aliphatic carbocycles. The van der Waals surface area contributed by atoms with E-state index in [1.54, 1.807) is 7.11 Å². The number of aliphatic hydroxyl groups excluding tert-OH is 1. The maximum absolute atomic E-state index is 10.4. The van der Waals surface area contributed by atoms with Crippen LogP contribution in [0.1, 0.15) is 45.4 Å². The lowest BCUT2D eigenvalue weighted by molar-refractivity contribution is 0.130. The quantitative estimate of drug-likeness (QED) is 0.543. The van der Waals surface area contributed by atoms with Crippen LogP contribution in [0, 0.1) is 5.92 Å². The molecule has 2 unspecified atom stereocenters. The first-order valence-electron chi connectivity index (χ1n) is 6.80. The van der Waals surface area contributed by atoms with Gasteiger partial charge < -0.3 is 9.84 Å². The topological polar surface area (TPSA) is 29.5 Å². The van der Waals surface area contributed by atoms with Gasteiger partial charge in [-0.15, -0.1) is 0 Å². The summed E-state index contributed by atoms with van der Waals surface area (Å²) in [6, 6.07) is 0. The molecule has 1 rings (SSSR count). The van der Waals surface area contributed by atoms with Crippen molar-refractivity contribution in [3.8, 4) is 0 Å². The van der Waals surface area contributed by atoms with Crippen molar-refractivity contribution in [2.24, 2.45) is 5.92 Å². The first-order chi connectivity index (χ1) is 8.29. The highest BCUT2D eigenvalue weighted by Gasteiger charge is 2.22. The van der Waals surface area contributed by atoms with Crippen molar-refractivity contribution < 1.29 is 9.84 Å². The Morgan fingerprint density at radius 1 is 1.53 bits per heavy atom. The predicted octanol–water partition coefficient (Wildman–Crippen LogP) is 3.47. The van der Waals surface area contributed by atoms with Gasteiger partial charge in [-0.3, -0.25) is 0 Å². The molecule has 1 aliphatic rings. The van der Waals surface area contributed by atoms with Crippen LogP contribution in [0.15, 0.2) is 23.8 Å². The summed E-state index contributed by atoms with van der Waals surface area (Å²) in [5, 5.41) is 10.4. The molecule has 0 aromatic heterocycles. The summed E-state index contributed by atoms with van der Waals surface area (Å²) in [6.45, 7) is 2.90. The number of ether oxygens (including phenoxy) is 1. The lowest BCUT2D eigenvalue weighted by Gasteiger charge is -2.26. The van der Waals surface area contributed by atoms with Crippen molar-refractivity contribution >= 4 is 0 Å². The average Bonchev–Trinajstić information content (AvgIpc) is 2.38. The summed E-state index contributed by atoms with van der Waals surface area (Å²) in [5.41, 5.74) is 1.21. The SMILES string of the molecule is CCC/C(=C\CCOC)C(O)C1CC=CCC1.